The Morgan fingerprint density at radius 3 is 1.40 bits per heavy atom. The number of rotatable bonds is 20. The Morgan fingerprint density at radius 1 is 0.698 bits per heavy atom. The summed E-state index contributed by atoms with van der Waals surface area (Å²) in [6.07, 6.45) is 12.5. The van der Waals surface area contributed by atoms with Crippen LogP contribution in [0.2, 0.25) is 0 Å². The highest BCUT2D eigenvalue weighted by molar-refractivity contribution is 7.99. The molecule has 318 valence electrons. The number of carbonyl (C=O) groups is 4. The van der Waals surface area contributed by atoms with E-state index in [1.54, 1.807) is 18.7 Å². The van der Waals surface area contributed by atoms with E-state index in [-0.39, 0.29) is 35.0 Å². The van der Waals surface area contributed by atoms with Crippen LogP contribution >= 0.6 is 11.8 Å². The molecule has 0 saturated heterocycles. The molecule has 0 saturated carbocycles. The van der Waals surface area contributed by atoms with Crippen LogP contribution in [0.3, 0.4) is 0 Å². The summed E-state index contributed by atoms with van der Waals surface area (Å²) < 4.78 is 37.1. The van der Waals surface area contributed by atoms with Crippen molar-refractivity contribution in [1.29, 1.82) is 0 Å². The minimum Gasteiger partial charge on any atom is -0.372 e. The smallest absolute Gasteiger partial charge is 0.248 e. The Bertz CT molecular complexity index is 1110. The van der Waals surface area contributed by atoms with E-state index in [1.165, 1.54) is 13.4 Å². The van der Waals surface area contributed by atoms with E-state index < -0.39 is 32.3 Å². The van der Waals surface area contributed by atoms with Gasteiger partial charge in [0.25, 0.3) is 0 Å². The molecular weight excluding hydrogens is 737 g/mol. The first-order chi connectivity index (χ1) is 24.1. The van der Waals surface area contributed by atoms with E-state index in [1.807, 2.05) is 6.26 Å². The summed E-state index contributed by atoms with van der Waals surface area (Å²) in [5.41, 5.74) is 0.949. The third kappa shape index (κ3) is 57.2. The molecule has 0 spiro atoms. The summed E-state index contributed by atoms with van der Waals surface area (Å²) in [4.78, 5) is 44.2. The lowest BCUT2D eigenvalue weighted by Gasteiger charge is -2.17. The van der Waals surface area contributed by atoms with Gasteiger partial charge in [-0.05, 0) is 74.4 Å². The van der Waals surface area contributed by atoms with Crippen molar-refractivity contribution in [3.8, 4) is 0 Å². The first-order valence-corrected chi connectivity index (χ1v) is 23.8. The number of hydrogen-bond acceptors (Lipinski definition) is 9. The van der Waals surface area contributed by atoms with Gasteiger partial charge in [-0.25, -0.2) is 8.42 Å². The third-order valence-corrected chi connectivity index (χ3v) is 8.84. The van der Waals surface area contributed by atoms with Crippen molar-refractivity contribution in [2.75, 3.05) is 69.3 Å². The minimum atomic E-state index is -3.20. The number of ether oxygens (including phenoxy) is 1. The molecule has 0 aliphatic rings. The average Bonchev–Trinajstić information content (AvgIpc) is 2.98. The summed E-state index contributed by atoms with van der Waals surface area (Å²) >= 11 is 1.56. The maximum Gasteiger partial charge on any atom is 0.248 e. The number of amides is 4. The molecule has 15 heteroatoms. The highest BCUT2D eigenvalue weighted by Crippen LogP contribution is 2.21. The summed E-state index contributed by atoms with van der Waals surface area (Å²) in [5, 5.41) is 11.0. The van der Waals surface area contributed by atoms with Crippen LogP contribution in [-0.2, 0) is 44.6 Å². The van der Waals surface area contributed by atoms with Gasteiger partial charge in [0, 0.05) is 56.6 Å². The van der Waals surface area contributed by atoms with E-state index in [9.17, 15) is 31.8 Å². The SMILES string of the molecule is CC(C)(C)CCCNC(=O)CS(C)(=O)=O.CCCCNC(=O)C(C)OC.CS(=O)CC(=O)NCCCC(C)(C)C.CSCC(=O)NCCCC(C)(C)C. The van der Waals surface area contributed by atoms with Gasteiger partial charge in [0.1, 0.15) is 17.6 Å². The quantitative estimate of drug-likeness (QED) is 0.116. The van der Waals surface area contributed by atoms with Crippen LogP contribution in [0.25, 0.3) is 0 Å². The van der Waals surface area contributed by atoms with Crippen LogP contribution in [0.15, 0.2) is 0 Å². The van der Waals surface area contributed by atoms with Crippen molar-refractivity contribution in [3.63, 3.8) is 0 Å². The fourth-order valence-corrected chi connectivity index (χ4v) is 5.30. The van der Waals surface area contributed by atoms with Crippen LogP contribution in [0.4, 0.5) is 0 Å². The lowest BCUT2D eigenvalue weighted by molar-refractivity contribution is -0.130. The molecule has 2 atom stereocenters. The molecular formula is C38H80N4O8S3. The second kappa shape index (κ2) is 32.5. The lowest BCUT2D eigenvalue weighted by atomic mass is 9.91. The van der Waals surface area contributed by atoms with Crippen LogP contribution in [0, 0.1) is 16.2 Å². The van der Waals surface area contributed by atoms with Crippen molar-refractivity contribution < 1.29 is 36.5 Å². The fraction of sp³-hybridized carbons (Fsp3) is 0.895. The number of nitrogens with one attached hydrogen (secondary N) is 4. The van der Waals surface area contributed by atoms with E-state index in [2.05, 4.69) is 90.5 Å². The molecule has 4 amide bonds. The van der Waals surface area contributed by atoms with Crippen molar-refractivity contribution in [3.05, 3.63) is 0 Å². The second-order valence-corrected chi connectivity index (χ2v) is 21.2. The molecule has 53 heavy (non-hydrogen) atoms. The van der Waals surface area contributed by atoms with Crippen molar-refractivity contribution in [2.24, 2.45) is 16.2 Å². The normalized spacial score (nSPS) is 12.6. The minimum absolute atomic E-state index is 0.0269. The lowest BCUT2D eigenvalue weighted by Crippen LogP contribution is -2.34. The number of carbonyl (C=O) groups excluding carboxylic acids is 4. The Labute approximate surface area is 331 Å². The molecule has 0 radical (unpaired) electrons. The van der Waals surface area contributed by atoms with Crippen LogP contribution in [-0.4, -0.2) is 112 Å². The van der Waals surface area contributed by atoms with Crippen LogP contribution in [0.1, 0.15) is 128 Å². The van der Waals surface area contributed by atoms with Gasteiger partial charge >= 0.3 is 0 Å². The van der Waals surface area contributed by atoms with E-state index in [0.717, 1.165) is 70.7 Å². The zero-order valence-corrected chi connectivity index (χ0v) is 38.6. The molecule has 2 unspecified atom stereocenters. The molecule has 0 aromatic rings. The van der Waals surface area contributed by atoms with Gasteiger partial charge in [0.2, 0.25) is 23.6 Å². The summed E-state index contributed by atoms with van der Waals surface area (Å²) in [7, 11) is -2.70. The van der Waals surface area contributed by atoms with Crippen molar-refractivity contribution in [1.82, 2.24) is 21.3 Å². The Morgan fingerprint density at radius 2 is 1.08 bits per heavy atom. The summed E-state index contributed by atoms with van der Waals surface area (Å²) in [6.45, 7) is 26.2. The maximum atomic E-state index is 11.1. The first kappa shape index (κ1) is 58.0. The molecule has 4 N–H and O–H groups in total. The Kier molecular flexibility index (Phi) is 35.6. The molecule has 0 heterocycles. The second-order valence-electron chi connectivity index (χ2n) is 16.8. The molecule has 0 fully saturated rings. The van der Waals surface area contributed by atoms with Gasteiger partial charge in [0.05, 0.1) is 5.75 Å². The standard InChI is InChI=1S/C10H21NO3S.C10H21NO2S.C10H21NOS.C8H17NO2/c1-10(2,3)6-5-7-11-9(12)8-15(4,13)14;1-10(2,3)6-5-7-11-9(12)8-14(4)13;1-10(2,3)6-5-7-11-9(12)8-13-4;1-4-5-6-9-8(10)7(2)11-3/h5-8H2,1-4H3,(H,11,12);5-8H2,1-4H3,(H,11,12);5-8H2,1-4H3,(H,11,12);7H,4-6H2,1-3H3,(H,9,10). The number of sulfone groups is 1. The summed E-state index contributed by atoms with van der Waals surface area (Å²) in [6, 6.07) is 0. The molecule has 0 bridgehead atoms. The van der Waals surface area contributed by atoms with Crippen LogP contribution < -0.4 is 21.3 Å². The monoisotopic (exact) mass is 817 g/mol. The Balaban J connectivity index is -0.000000304. The van der Waals surface area contributed by atoms with E-state index in [4.69, 9.17) is 4.74 Å². The van der Waals surface area contributed by atoms with Crippen molar-refractivity contribution in [2.45, 2.75) is 134 Å². The predicted molar refractivity (Wildman–Crippen MR) is 227 cm³/mol. The molecule has 0 aromatic carbocycles. The highest BCUT2D eigenvalue weighted by atomic mass is 32.2. The topological polar surface area (TPSA) is 177 Å². The van der Waals surface area contributed by atoms with Gasteiger partial charge in [-0.15, -0.1) is 0 Å². The van der Waals surface area contributed by atoms with Gasteiger partial charge in [0.15, 0.2) is 9.84 Å². The molecule has 0 aliphatic heterocycles. The average molecular weight is 817 g/mol. The Hall–Kier alpha value is -1.71. The number of hydrogen-bond donors (Lipinski definition) is 4. The van der Waals surface area contributed by atoms with Crippen molar-refractivity contribution >= 4 is 56.0 Å². The van der Waals surface area contributed by atoms with E-state index >= 15 is 0 Å². The molecule has 12 nitrogen and oxygen atoms in total. The third-order valence-electron chi connectivity index (χ3n) is 6.83. The first-order valence-electron chi connectivity index (χ1n) is 18.7. The largest absolute Gasteiger partial charge is 0.372 e. The molecule has 0 aromatic heterocycles. The van der Waals surface area contributed by atoms with Gasteiger partial charge in [-0.3, -0.25) is 23.4 Å². The fourth-order valence-electron chi connectivity index (χ4n) is 3.89. The summed E-state index contributed by atoms with van der Waals surface area (Å²) in [5.74, 6) is -0.110. The maximum absolute atomic E-state index is 11.1. The van der Waals surface area contributed by atoms with E-state index in [0.29, 0.717) is 29.7 Å². The van der Waals surface area contributed by atoms with Gasteiger partial charge in [-0.2, -0.15) is 11.8 Å². The number of methoxy groups -OCH3 is 1. The van der Waals surface area contributed by atoms with Gasteiger partial charge in [-0.1, -0.05) is 75.7 Å². The number of unbranched alkanes of at least 4 members (excludes halogenated alkanes) is 1. The van der Waals surface area contributed by atoms with Gasteiger partial charge < -0.3 is 26.0 Å². The predicted octanol–water partition coefficient (Wildman–Crippen LogP) is 5.51. The van der Waals surface area contributed by atoms with Crippen LogP contribution in [0.5, 0.6) is 0 Å². The zero-order chi connectivity index (χ0) is 42.3. The number of thioether (sulfide) groups is 1. The highest BCUT2D eigenvalue weighted by Gasteiger charge is 2.13. The zero-order valence-electron chi connectivity index (χ0n) is 36.2. The molecule has 0 rings (SSSR count). The molecule has 0 aliphatic carbocycles.